The van der Waals surface area contributed by atoms with Crippen LogP contribution in [0.2, 0.25) is 5.02 Å². The molecule has 0 saturated carbocycles. The van der Waals surface area contributed by atoms with Crippen LogP contribution in [0.15, 0.2) is 48.5 Å². The van der Waals surface area contributed by atoms with E-state index in [9.17, 15) is 4.79 Å². The third kappa shape index (κ3) is 3.83. The number of benzene rings is 2. The number of fused-ring (bicyclic) bond motifs is 2. The Kier molecular flexibility index (Phi) is 5.49. The second-order valence-electron chi connectivity index (χ2n) is 7.19. The van der Waals surface area contributed by atoms with E-state index in [-0.39, 0.29) is 19.2 Å². The van der Waals surface area contributed by atoms with E-state index in [4.69, 9.17) is 26.1 Å². The van der Waals surface area contributed by atoms with Gasteiger partial charge in [-0.25, -0.2) is 4.79 Å². The molecule has 5 heteroatoms. The zero-order chi connectivity index (χ0) is 19.5. The van der Waals surface area contributed by atoms with Gasteiger partial charge in [-0.05, 0) is 48.9 Å². The molecule has 28 heavy (non-hydrogen) atoms. The molecule has 4 nitrogen and oxygen atoms in total. The minimum absolute atomic E-state index is 0.158. The van der Waals surface area contributed by atoms with Gasteiger partial charge in [0.15, 0.2) is 0 Å². The molecule has 1 heterocycles. The lowest BCUT2D eigenvalue weighted by Crippen LogP contribution is -2.20. The fraction of sp³-hybridized carbons (Fsp3) is 0.304. The van der Waals surface area contributed by atoms with Gasteiger partial charge in [-0.1, -0.05) is 48.9 Å². The highest BCUT2D eigenvalue weighted by atomic mass is 35.5. The second-order valence-corrected chi connectivity index (χ2v) is 7.60. The zero-order valence-corrected chi connectivity index (χ0v) is 16.5. The van der Waals surface area contributed by atoms with Gasteiger partial charge in [-0.15, -0.1) is 0 Å². The van der Waals surface area contributed by atoms with Gasteiger partial charge in [-0.2, -0.15) is 0 Å². The molecule has 0 saturated heterocycles. The first-order chi connectivity index (χ1) is 13.6. The number of rotatable bonds is 5. The Morgan fingerprint density at radius 2 is 1.93 bits per heavy atom. The Morgan fingerprint density at radius 3 is 2.79 bits per heavy atom. The van der Waals surface area contributed by atoms with Gasteiger partial charge < -0.3 is 9.47 Å². The Morgan fingerprint density at radius 1 is 1.14 bits per heavy atom. The van der Waals surface area contributed by atoms with Crippen molar-refractivity contribution >= 4 is 28.5 Å². The van der Waals surface area contributed by atoms with E-state index in [2.05, 4.69) is 6.92 Å². The lowest BCUT2D eigenvalue weighted by Gasteiger charge is -2.24. The third-order valence-corrected chi connectivity index (χ3v) is 5.43. The average molecular weight is 396 g/mol. The van der Waals surface area contributed by atoms with Crippen LogP contribution in [0.4, 0.5) is 0 Å². The summed E-state index contributed by atoms with van der Waals surface area (Å²) in [7, 11) is 0. The minimum Gasteiger partial charge on any atom is -0.488 e. The number of esters is 1. The second kappa shape index (κ2) is 8.19. The smallest absolute Gasteiger partial charge is 0.339 e. The number of para-hydroxylation sites is 2. The maximum absolute atomic E-state index is 13.0. The molecular weight excluding hydrogens is 374 g/mol. The topological polar surface area (TPSA) is 48.4 Å². The Labute approximate surface area is 169 Å². The van der Waals surface area contributed by atoms with Gasteiger partial charge in [0.25, 0.3) is 0 Å². The molecule has 0 aliphatic heterocycles. The van der Waals surface area contributed by atoms with E-state index in [0.29, 0.717) is 22.3 Å². The van der Waals surface area contributed by atoms with Crippen molar-refractivity contribution in [1.29, 1.82) is 0 Å². The van der Waals surface area contributed by atoms with E-state index in [0.717, 1.165) is 41.4 Å². The molecule has 1 aromatic heterocycles. The fourth-order valence-electron chi connectivity index (χ4n) is 3.72. The molecule has 1 atom stereocenters. The van der Waals surface area contributed by atoms with E-state index in [1.807, 2.05) is 36.4 Å². The number of halogens is 1. The van der Waals surface area contributed by atoms with Crippen LogP contribution in [0.3, 0.4) is 0 Å². The van der Waals surface area contributed by atoms with Crippen LogP contribution >= 0.6 is 11.6 Å². The van der Waals surface area contributed by atoms with Crippen LogP contribution < -0.4 is 4.74 Å². The number of carbonyl (C=O) groups excluding carboxylic acids is 1. The quantitative estimate of drug-likeness (QED) is 0.437. The summed E-state index contributed by atoms with van der Waals surface area (Å²) in [4.78, 5) is 17.8. The van der Waals surface area contributed by atoms with Crippen molar-refractivity contribution in [3.8, 4) is 5.75 Å². The molecule has 1 aliphatic rings. The van der Waals surface area contributed by atoms with E-state index < -0.39 is 0 Å². The molecule has 0 bridgehead atoms. The van der Waals surface area contributed by atoms with Crippen molar-refractivity contribution in [1.82, 2.24) is 4.98 Å². The number of aromatic nitrogens is 1. The summed E-state index contributed by atoms with van der Waals surface area (Å²) in [5.41, 5.74) is 3.56. The average Bonchev–Trinajstić information content (AvgIpc) is 2.70. The van der Waals surface area contributed by atoms with E-state index in [1.165, 1.54) is 0 Å². The van der Waals surface area contributed by atoms with Crippen molar-refractivity contribution in [2.24, 2.45) is 5.92 Å². The SMILES string of the molecule is CC1CCc2nc3ccccc3c(C(=O)OCCOc3ccccc3Cl)c2C1. The highest BCUT2D eigenvalue weighted by molar-refractivity contribution is 6.32. The van der Waals surface area contributed by atoms with Gasteiger partial charge in [0.2, 0.25) is 0 Å². The highest BCUT2D eigenvalue weighted by Crippen LogP contribution is 2.32. The number of nitrogens with zero attached hydrogens (tertiary/aromatic N) is 1. The molecule has 1 unspecified atom stereocenters. The van der Waals surface area contributed by atoms with Crippen molar-refractivity contribution in [2.45, 2.75) is 26.2 Å². The first-order valence-electron chi connectivity index (χ1n) is 9.58. The van der Waals surface area contributed by atoms with Gasteiger partial charge in [0.05, 0.1) is 16.1 Å². The predicted octanol–water partition coefficient (Wildman–Crippen LogP) is 5.25. The van der Waals surface area contributed by atoms with Gasteiger partial charge >= 0.3 is 5.97 Å². The lowest BCUT2D eigenvalue weighted by atomic mass is 9.84. The molecule has 4 rings (SSSR count). The maximum atomic E-state index is 13.0. The largest absolute Gasteiger partial charge is 0.488 e. The van der Waals surface area contributed by atoms with Crippen LogP contribution in [0.5, 0.6) is 5.75 Å². The van der Waals surface area contributed by atoms with Gasteiger partial charge in [-0.3, -0.25) is 4.98 Å². The van der Waals surface area contributed by atoms with Crippen LogP contribution in [0, 0.1) is 5.92 Å². The Bertz CT molecular complexity index is 1020. The summed E-state index contributed by atoms with van der Waals surface area (Å²) in [5.74, 6) is 0.804. The molecule has 0 spiro atoms. The molecule has 3 aromatic rings. The Balaban J connectivity index is 1.53. The van der Waals surface area contributed by atoms with Crippen LogP contribution in [-0.2, 0) is 17.6 Å². The first-order valence-corrected chi connectivity index (χ1v) is 9.96. The number of aryl methyl sites for hydroxylation is 1. The number of hydrogen-bond acceptors (Lipinski definition) is 4. The summed E-state index contributed by atoms with van der Waals surface area (Å²) in [5, 5.41) is 1.39. The molecular formula is C23H22ClNO3. The van der Waals surface area contributed by atoms with E-state index >= 15 is 0 Å². The molecule has 144 valence electrons. The van der Waals surface area contributed by atoms with E-state index in [1.54, 1.807) is 12.1 Å². The maximum Gasteiger partial charge on any atom is 0.339 e. The highest BCUT2D eigenvalue weighted by Gasteiger charge is 2.26. The summed E-state index contributed by atoms with van der Waals surface area (Å²) >= 11 is 6.08. The summed E-state index contributed by atoms with van der Waals surface area (Å²) in [6.07, 6.45) is 2.85. The van der Waals surface area contributed by atoms with Gasteiger partial charge in [0, 0.05) is 11.1 Å². The normalized spacial score (nSPS) is 15.9. The molecule has 0 radical (unpaired) electrons. The standard InChI is InChI=1S/C23H22ClNO3/c1-15-10-11-20-17(14-15)22(16-6-2-4-8-19(16)25-20)23(26)28-13-12-27-21-9-5-3-7-18(21)24/h2-9,15H,10-14H2,1H3. The first kappa shape index (κ1) is 18.8. The Hall–Kier alpha value is -2.59. The number of pyridine rings is 1. The molecule has 0 N–H and O–H groups in total. The zero-order valence-electron chi connectivity index (χ0n) is 15.8. The van der Waals surface area contributed by atoms with Crippen molar-refractivity contribution in [3.05, 3.63) is 70.4 Å². The van der Waals surface area contributed by atoms with Crippen LogP contribution in [0.1, 0.15) is 35.0 Å². The number of carbonyl (C=O) groups is 1. The number of ether oxygens (including phenoxy) is 2. The molecule has 0 fully saturated rings. The third-order valence-electron chi connectivity index (χ3n) is 5.12. The summed E-state index contributed by atoms with van der Waals surface area (Å²) in [6, 6.07) is 15.0. The monoisotopic (exact) mass is 395 g/mol. The fourth-order valence-corrected chi connectivity index (χ4v) is 3.91. The molecule has 2 aromatic carbocycles. The minimum atomic E-state index is -0.313. The molecule has 1 aliphatic carbocycles. The van der Waals surface area contributed by atoms with Crippen molar-refractivity contribution in [3.63, 3.8) is 0 Å². The van der Waals surface area contributed by atoms with Crippen molar-refractivity contribution in [2.75, 3.05) is 13.2 Å². The van der Waals surface area contributed by atoms with Crippen LogP contribution in [-0.4, -0.2) is 24.2 Å². The van der Waals surface area contributed by atoms with Gasteiger partial charge in [0.1, 0.15) is 19.0 Å². The lowest BCUT2D eigenvalue weighted by molar-refractivity contribution is 0.0451. The summed E-state index contributed by atoms with van der Waals surface area (Å²) < 4.78 is 11.2. The predicted molar refractivity (Wildman–Crippen MR) is 110 cm³/mol. The summed E-state index contributed by atoms with van der Waals surface area (Å²) in [6.45, 7) is 2.62. The van der Waals surface area contributed by atoms with Crippen LogP contribution in [0.25, 0.3) is 10.9 Å². The van der Waals surface area contributed by atoms with Crippen molar-refractivity contribution < 1.29 is 14.3 Å². The molecule has 0 amide bonds. The number of hydrogen-bond donors (Lipinski definition) is 0.